The lowest BCUT2D eigenvalue weighted by Crippen LogP contribution is -2.36. The molecular weight excluding hydrogens is 492 g/mol. The second-order valence-electron chi connectivity index (χ2n) is 10.4. The predicted molar refractivity (Wildman–Crippen MR) is 154 cm³/mol. The van der Waals surface area contributed by atoms with Crippen LogP contribution in [0.2, 0.25) is 0 Å². The number of aromatic nitrogens is 5. The Morgan fingerprint density at radius 2 is 1.92 bits per heavy atom. The Kier molecular flexibility index (Phi) is 6.49. The Morgan fingerprint density at radius 1 is 1.10 bits per heavy atom. The maximum absolute atomic E-state index is 13.1. The summed E-state index contributed by atoms with van der Waals surface area (Å²) in [6.45, 7) is 2.26. The molecule has 0 saturated carbocycles. The van der Waals surface area contributed by atoms with Crippen molar-refractivity contribution in [2.75, 3.05) is 37.4 Å². The zero-order valence-corrected chi connectivity index (χ0v) is 22.3. The van der Waals surface area contributed by atoms with Crippen molar-refractivity contribution < 1.29 is 5.11 Å². The maximum Gasteiger partial charge on any atom is 0.258 e. The molecule has 200 valence electrons. The van der Waals surface area contributed by atoms with Crippen LogP contribution in [0.3, 0.4) is 0 Å². The van der Waals surface area contributed by atoms with E-state index in [2.05, 4.69) is 31.2 Å². The Bertz CT molecular complexity index is 1720. The highest BCUT2D eigenvalue weighted by Crippen LogP contribution is 2.34. The molecule has 0 amide bonds. The van der Waals surface area contributed by atoms with E-state index >= 15 is 0 Å². The molecule has 1 saturated heterocycles. The molecular formula is C29H32N8O2. The topological polar surface area (TPSA) is 115 Å². The van der Waals surface area contributed by atoms with E-state index in [1.54, 1.807) is 18.6 Å². The van der Waals surface area contributed by atoms with E-state index in [1.807, 2.05) is 56.2 Å². The zero-order chi connectivity index (χ0) is 27.1. The molecule has 0 spiro atoms. The molecule has 0 atom stereocenters. The molecule has 1 fully saturated rings. The number of aryl methyl sites for hydroxylation is 1. The number of hydrogen-bond acceptors (Lipinski definition) is 8. The highest BCUT2D eigenvalue weighted by molar-refractivity contribution is 6.06. The van der Waals surface area contributed by atoms with Crippen LogP contribution in [0.25, 0.3) is 33.1 Å². The normalized spacial score (nSPS) is 14.5. The van der Waals surface area contributed by atoms with E-state index in [0.29, 0.717) is 23.4 Å². The van der Waals surface area contributed by atoms with Crippen molar-refractivity contribution in [1.29, 1.82) is 0 Å². The standard InChI is InChI=1S/C29H32N8O2/c1-35(2)17-23-24(37-14-8-18(38)9-15-37)4-5-25(34-23)33-22-16-32-27(21-7-12-31-29(39)26(21)22)19-6-11-30-28-20(19)10-13-36(28)3/h4-7,10-13,16,18,38H,8-9,14-15,17H2,1-3H3,(H,31,39)(H,33,34). The van der Waals surface area contributed by atoms with Crippen LogP contribution in [0.1, 0.15) is 18.5 Å². The van der Waals surface area contributed by atoms with E-state index in [1.165, 1.54) is 0 Å². The van der Waals surface area contributed by atoms with Crippen molar-refractivity contribution >= 4 is 39.0 Å². The maximum atomic E-state index is 13.1. The lowest BCUT2D eigenvalue weighted by atomic mass is 10.0. The molecule has 6 heterocycles. The second kappa shape index (κ2) is 10.1. The summed E-state index contributed by atoms with van der Waals surface area (Å²) in [5.41, 5.74) is 4.90. The molecule has 10 nitrogen and oxygen atoms in total. The summed E-state index contributed by atoms with van der Waals surface area (Å²) in [5.74, 6) is 0.640. The van der Waals surface area contributed by atoms with Gasteiger partial charge in [-0.15, -0.1) is 0 Å². The average molecular weight is 525 g/mol. The number of nitrogens with zero attached hydrogens (tertiary/aromatic N) is 6. The minimum absolute atomic E-state index is 0.200. The van der Waals surface area contributed by atoms with Gasteiger partial charge in [-0.2, -0.15) is 0 Å². The van der Waals surface area contributed by atoms with Gasteiger partial charge in [-0.1, -0.05) is 0 Å². The van der Waals surface area contributed by atoms with Gasteiger partial charge in [0.05, 0.1) is 40.4 Å². The number of H-pyrrole nitrogens is 1. The van der Waals surface area contributed by atoms with Crippen LogP contribution in [-0.4, -0.2) is 67.8 Å². The molecule has 5 aromatic rings. The third kappa shape index (κ3) is 4.73. The average Bonchev–Trinajstić information content (AvgIpc) is 3.30. The van der Waals surface area contributed by atoms with Crippen LogP contribution < -0.4 is 15.8 Å². The van der Waals surface area contributed by atoms with Gasteiger partial charge in [0.25, 0.3) is 5.56 Å². The number of anilines is 3. The molecule has 1 aliphatic rings. The Balaban J connectivity index is 1.41. The number of aliphatic hydroxyl groups is 1. The molecule has 0 aromatic carbocycles. The fourth-order valence-corrected chi connectivity index (χ4v) is 5.40. The molecule has 3 N–H and O–H groups in total. The summed E-state index contributed by atoms with van der Waals surface area (Å²) in [6, 6.07) is 9.85. The fourth-order valence-electron chi connectivity index (χ4n) is 5.40. The fraction of sp³-hybridized carbons (Fsp3) is 0.310. The quantitative estimate of drug-likeness (QED) is 0.308. The monoisotopic (exact) mass is 524 g/mol. The van der Waals surface area contributed by atoms with E-state index in [0.717, 1.165) is 65.0 Å². The second-order valence-corrected chi connectivity index (χ2v) is 10.4. The molecule has 0 unspecified atom stereocenters. The summed E-state index contributed by atoms with van der Waals surface area (Å²) >= 11 is 0. The Labute approximate surface area is 226 Å². The van der Waals surface area contributed by atoms with Gasteiger partial charge >= 0.3 is 0 Å². The number of aromatic amines is 1. The largest absolute Gasteiger partial charge is 0.393 e. The number of rotatable bonds is 6. The van der Waals surface area contributed by atoms with Crippen molar-refractivity contribution in [3.05, 3.63) is 71.2 Å². The third-order valence-electron chi connectivity index (χ3n) is 7.32. The van der Waals surface area contributed by atoms with Crippen LogP contribution in [0.4, 0.5) is 17.2 Å². The van der Waals surface area contributed by atoms with Crippen molar-refractivity contribution in [2.24, 2.45) is 7.05 Å². The number of pyridine rings is 4. The first-order chi connectivity index (χ1) is 18.9. The smallest absolute Gasteiger partial charge is 0.258 e. The molecule has 0 bridgehead atoms. The van der Waals surface area contributed by atoms with E-state index < -0.39 is 0 Å². The van der Waals surface area contributed by atoms with Gasteiger partial charge in [0, 0.05) is 61.6 Å². The van der Waals surface area contributed by atoms with E-state index in [4.69, 9.17) is 9.97 Å². The highest BCUT2D eigenvalue weighted by Gasteiger charge is 2.21. The SMILES string of the molecule is CN(C)Cc1nc(Nc2cnc(-c3ccnc4c3ccn4C)c3cc[nH]c(=O)c23)ccc1N1CCC(O)CC1. The van der Waals surface area contributed by atoms with Crippen molar-refractivity contribution in [3.8, 4) is 11.3 Å². The molecule has 6 rings (SSSR count). The van der Waals surface area contributed by atoms with Gasteiger partial charge in [0.1, 0.15) is 11.5 Å². The first-order valence-electron chi connectivity index (χ1n) is 13.1. The molecule has 0 radical (unpaired) electrons. The van der Waals surface area contributed by atoms with Gasteiger partial charge in [0.15, 0.2) is 0 Å². The van der Waals surface area contributed by atoms with Gasteiger partial charge in [-0.05, 0) is 57.3 Å². The van der Waals surface area contributed by atoms with Crippen molar-refractivity contribution in [3.63, 3.8) is 0 Å². The summed E-state index contributed by atoms with van der Waals surface area (Å²) < 4.78 is 1.97. The van der Waals surface area contributed by atoms with E-state index in [9.17, 15) is 9.90 Å². The molecule has 10 heteroatoms. The van der Waals surface area contributed by atoms with E-state index in [-0.39, 0.29) is 11.7 Å². The minimum atomic E-state index is -0.237. The number of aliphatic hydroxyl groups excluding tert-OH is 1. The van der Waals surface area contributed by atoms with Gasteiger partial charge in [-0.3, -0.25) is 9.78 Å². The van der Waals surface area contributed by atoms with Crippen LogP contribution in [0.5, 0.6) is 0 Å². The summed E-state index contributed by atoms with van der Waals surface area (Å²) in [6.07, 6.45) is 8.36. The van der Waals surface area contributed by atoms with Gasteiger partial charge < -0.3 is 29.8 Å². The van der Waals surface area contributed by atoms with Crippen molar-refractivity contribution in [2.45, 2.75) is 25.5 Å². The van der Waals surface area contributed by atoms with Gasteiger partial charge in [0.2, 0.25) is 0 Å². The summed E-state index contributed by atoms with van der Waals surface area (Å²) in [5, 5.41) is 15.6. The van der Waals surface area contributed by atoms with Gasteiger partial charge in [-0.25, -0.2) is 9.97 Å². The minimum Gasteiger partial charge on any atom is -0.393 e. The molecule has 1 aliphatic heterocycles. The number of piperidine rings is 1. The predicted octanol–water partition coefficient (Wildman–Crippen LogP) is 3.64. The molecule has 39 heavy (non-hydrogen) atoms. The van der Waals surface area contributed by atoms with Crippen LogP contribution >= 0.6 is 0 Å². The van der Waals surface area contributed by atoms with Crippen molar-refractivity contribution in [1.82, 2.24) is 29.4 Å². The molecule has 0 aliphatic carbocycles. The van der Waals surface area contributed by atoms with Crippen LogP contribution in [0, 0.1) is 0 Å². The number of fused-ring (bicyclic) bond motifs is 2. The number of nitrogens with one attached hydrogen (secondary N) is 2. The Morgan fingerprint density at radius 3 is 2.72 bits per heavy atom. The Hall–Kier alpha value is -4.28. The third-order valence-corrected chi connectivity index (χ3v) is 7.32. The summed E-state index contributed by atoms with van der Waals surface area (Å²) in [4.78, 5) is 34.6. The first-order valence-corrected chi connectivity index (χ1v) is 13.1. The summed E-state index contributed by atoms with van der Waals surface area (Å²) in [7, 11) is 5.99. The zero-order valence-electron chi connectivity index (χ0n) is 22.3. The molecule has 5 aromatic heterocycles. The van der Waals surface area contributed by atoms with Crippen LogP contribution in [0.15, 0.2) is 59.9 Å². The highest BCUT2D eigenvalue weighted by atomic mass is 16.3. The first kappa shape index (κ1) is 25.0. The lowest BCUT2D eigenvalue weighted by molar-refractivity contribution is 0.145. The lowest BCUT2D eigenvalue weighted by Gasteiger charge is -2.33. The number of hydrogen-bond donors (Lipinski definition) is 3. The van der Waals surface area contributed by atoms with Crippen LogP contribution in [-0.2, 0) is 13.6 Å².